The summed E-state index contributed by atoms with van der Waals surface area (Å²) in [4.78, 5) is 12.5. The molecule has 0 radical (unpaired) electrons. The Labute approximate surface area is 190 Å². The lowest BCUT2D eigenvalue weighted by Gasteiger charge is -2.23. The van der Waals surface area contributed by atoms with Crippen LogP contribution in [0.5, 0.6) is 11.5 Å². The van der Waals surface area contributed by atoms with E-state index in [1.165, 1.54) is 0 Å². The molecule has 0 aliphatic rings. The topological polar surface area (TPSA) is 53.4 Å². The minimum atomic E-state index is -0.0763. The summed E-state index contributed by atoms with van der Waals surface area (Å²) in [5.74, 6) is 1.55. The van der Waals surface area contributed by atoms with Crippen LogP contribution in [0.2, 0.25) is 0 Å². The van der Waals surface area contributed by atoms with Gasteiger partial charge >= 0.3 is 0 Å². The van der Waals surface area contributed by atoms with Gasteiger partial charge in [-0.3, -0.25) is 9.48 Å². The molecule has 0 fully saturated rings. The maximum atomic E-state index is 12.5. The number of aromatic nitrogens is 2. The molecule has 3 aromatic rings. The van der Waals surface area contributed by atoms with Crippen LogP contribution in [0.25, 0.3) is 6.08 Å². The molecule has 0 aliphatic carbocycles. The average Bonchev–Trinajstić information content (AvgIpc) is 3.24. The third-order valence-corrected chi connectivity index (χ3v) is 5.33. The summed E-state index contributed by atoms with van der Waals surface area (Å²) in [6.07, 6.45) is 5.03. The van der Waals surface area contributed by atoms with E-state index in [2.05, 4.69) is 51.0 Å². The van der Waals surface area contributed by atoms with Crippen molar-refractivity contribution in [3.63, 3.8) is 0 Å². The molecule has 3 rings (SSSR count). The Balaban J connectivity index is 1.82. The van der Waals surface area contributed by atoms with Gasteiger partial charge in [-0.1, -0.05) is 45.0 Å². The molecule has 0 saturated carbocycles. The zero-order chi connectivity index (χ0) is 23.3. The molecule has 0 amide bonds. The molecule has 0 unspecified atom stereocenters. The van der Waals surface area contributed by atoms with Gasteiger partial charge in [0.25, 0.3) is 0 Å². The highest BCUT2D eigenvalue weighted by Crippen LogP contribution is 2.33. The van der Waals surface area contributed by atoms with Crippen LogP contribution >= 0.6 is 0 Å². The van der Waals surface area contributed by atoms with Crippen molar-refractivity contribution in [1.82, 2.24) is 9.78 Å². The minimum absolute atomic E-state index is 0.0247. The average molecular weight is 433 g/mol. The summed E-state index contributed by atoms with van der Waals surface area (Å²) in [7, 11) is 1.65. The highest BCUT2D eigenvalue weighted by molar-refractivity contribution is 6.05. The number of hydrogen-bond acceptors (Lipinski definition) is 4. The summed E-state index contributed by atoms with van der Waals surface area (Å²) in [6.45, 7) is 11.6. The van der Waals surface area contributed by atoms with E-state index in [-0.39, 0.29) is 11.2 Å². The van der Waals surface area contributed by atoms with E-state index in [1.54, 1.807) is 30.1 Å². The molecule has 0 saturated heterocycles. The molecule has 0 spiro atoms. The molecule has 0 N–H and O–H groups in total. The summed E-state index contributed by atoms with van der Waals surface area (Å²) in [5.41, 5.74) is 4.69. The number of benzene rings is 2. The van der Waals surface area contributed by atoms with Gasteiger partial charge in [0.15, 0.2) is 0 Å². The van der Waals surface area contributed by atoms with E-state index in [9.17, 15) is 4.79 Å². The molecular weight excluding hydrogens is 400 g/mol. The molecule has 0 aliphatic heterocycles. The number of carbonyl (C=O) groups excluding carboxylic acids is 1. The highest BCUT2D eigenvalue weighted by Gasteiger charge is 2.19. The van der Waals surface area contributed by atoms with Crippen molar-refractivity contribution >= 4 is 11.9 Å². The second-order valence-corrected chi connectivity index (χ2v) is 8.84. The molecule has 5 nitrogen and oxygen atoms in total. The second kappa shape index (κ2) is 9.86. The van der Waals surface area contributed by atoms with Crippen molar-refractivity contribution in [3.8, 4) is 11.5 Å². The maximum absolute atomic E-state index is 12.5. The third-order valence-electron chi connectivity index (χ3n) is 5.33. The van der Waals surface area contributed by atoms with E-state index >= 15 is 0 Å². The quantitative estimate of drug-likeness (QED) is 0.324. The standard InChI is InChI=1S/C27H32N2O3/c1-7-29-23(14-15-28-29)24(30)12-9-20-10-13-25(31-6)21(17-20)18-32-26-16-19(2)8-11-22(26)27(3,4)5/h8-17H,7,18H2,1-6H3/b12-9+. The summed E-state index contributed by atoms with van der Waals surface area (Å²) >= 11 is 0. The number of ketones is 1. The lowest BCUT2D eigenvalue weighted by atomic mass is 9.86. The number of carbonyl (C=O) groups is 1. The molecule has 0 bridgehead atoms. The Morgan fingerprint density at radius 3 is 2.56 bits per heavy atom. The van der Waals surface area contributed by atoms with Crippen molar-refractivity contribution in [2.45, 2.75) is 53.2 Å². The van der Waals surface area contributed by atoms with Crippen molar-refractivity contribution in [1.29, 1.82) is 0 Å². The van der Waals surface area contributed by atoms with E-state index in [0.29, 0.717) is 18.8 Å². The monoisotopic (exact) mass is 432 g/mol. The molecule has 2 aromatic carbocycles. The van der Waals surface area contributed by atoms with Crippen LogP contribution in [-0.4, -0.2) is 22.7 Å². The van der Waals surface area contributed by atoms with Crippen LogP contribution in [0.4, 0.5) is 0 Å². The summed E-state index contributed by atoms with van der Waals surface area (Å²) in [5, 5.41) is 4.16. The zero-order valence-corrected chi connectivity index (χ0v) is 19.8. The van der Waals surface area contributed by atoms with Crippen molar-refractivity contribution in [2.24, 2.45) is 0 Å². The first-order valence-electron chi connectivity index (χ1n) is 10.9. The number of nitrogens with zero attached hydrogens (tertiary/aromatic N) is 2. The van der Waals surface area contributed by atoms with Gasteiger partial charge in [-0.05, 0) is 66.3 Å². The zero-order valence-electron chi connectivity index (χ0n) is 19.8. The SMILES string of the molecule is CCn1nccc1C(=O)/C=C/c1ccc(OC)c(COc2cc(C)ccc2C(C)(C)C)c1. The second-order valence-electron chi connectivity index (χ2n) is 8.84. The minimum Gasteiger partial charge on any atom is -0.496 e. The van der Waals surface area contributed by atoms with Gasteiger partial charge in [0.2, 0.25) is 5.78 Å². The lowest BCUT2D eigenvalue weighted by molar-refractivity contribution is 0.103. The van der Waals surface area contributed by atoms with Crippen LogP contribution < -0.4 is 9.47 Å². The molecule has 168 valence electrons. The Bertz CT molecular complexity index is 1120. The van der Waals surface area contributed by atoms with Gasteiger partial charge in [0.1, 0.15) is 23.8 Å². The van der Waals surface area contributed by atoms with E-state index in [0.717, 1.165) is 33.8 Å². The third kappa shape index (κ3) is 5.47. The lowest BCUT2D eigenvalue weighted by Crippen LogP contribution is -2.13. The van der Waals surface area contributed by atoms with Crippen LogP contribution in [0.15, 0.2) is 54.7 Å². The van der Waals surface area contributed by atoms with Crippen molar-refractivity contribution in [2.75, 3.05) is 7.11 Å². The van der Waals surface area contributed by atoms with Gasteiger partial charge in [-0.2, -0.15) is 5.10 Å². The molecule has 1 heterocycles. The van der Waals surface area contributed by atoms with E-state index in [4.69, 9.17) is 9.47 Å². The highest BCUT2D eigenvalue weighted by atomic mass is 16.5. The number of allylic oxidation sites excluding steroid dienone is 1. The Morgan fingerprint density at radius 2 is 1.88 bits per heavy atom. The summed E-state index contributed by atoms with van der Waals surface area (Å²) < 4.78 is 13.5. The largest absolute Gasteiger partial charge is 0.496 e. The van der Waals surface area contributed by atoms with Gasteiger partial charge in [0, 0.05) is 18.3 Å². The van der Waals surface area contributed by atoms with Gasteiger partial charge in [-0.25, -0.2) is 0 Å². The number of aryl methyl sites for hydroxylation is 2. The normalized spacial score (nSPS) is 11.7. The van der Waals surface area contributed by atoms with Crippen molar-refractivity contribution in [3.05, 3.63) is 82.7 Å². The molecule has 0 atom stereocenters. The molecule has 5 heteroatoms. The van der Waals surface area contributed by atoms with Crippen LogP contribution in [-0.2, 0) is 18.6 Å². The van der Waals surface area contributed by atoms with Crippen LogP contribution in [0, 0.1) is 6.92 Å². The van der Waals surface area contributed by atoms with Gasteiger partial charge < -0.3 is 9.47 Å². The first-order chi connectivity index (χ1) is 15.2. The predicted octanol–water partition coefficient (Wildman–Crippen LogP) is 5.99. The number of hydrogen-bond donors (Lipinski definition) is 0. The summed E-state index contributed by atoms with van der Waals surface area (Å²) in [6, 6.07) is 13.9. The van der Waals surface area contributed by atoms with Gasteiger partial charge in [0.05, 0.1) is 7.11 Å². The number of methoxy groups -OCH3 is 1. The van der Waals surface area contributed by atoms with Crippen molar-refractivity contribution < 1.29 is 14.3 Å². The van der Waals surface area contributed by atoms with Gasteiger partial charge in [-0.15, -0.1) is 0 Å². The fourth-order valence-corrected chi connectivity index (χ4v) is 3.59. The molecule has 32 heavy (non-hydrogen) atoms. The predicted molar refractivity (Wildman–Crippen MR) is 128 cm³/mol. The molecule has 1 aromatic heterocycles. The fourth-order valence-electron chi connectivity index (χ4n) is 3.59. The Kier molecular flexibility index (Phi) is 7.18. The number of rotatable bonds is 8. The maximum Gasteiger partial charge on any atom is 0.203 e. The Morgan fingerprint density at radius 1 is 1.09 bits per heavy atom. The first-order valence-corrected chi connectivity index (χ1v) is 10.9. The first kappa shape index (κ1) is 23.3. The van der Waals surface area contributed by atoms with E-state index < -0.39 is 0 Å². The van der Waals surface area contributed by atoms with E-state index in [1.807, 2.05) is 31.2 Å². The Hall–Kier alpha value is -3.34. The molecular formula is C27H32N2O3. The van der Waals surface area contributed by atoms with Crippen LogP contribution in [0.1, 0.15) is 60.4 Å². The number of ether oxygens (including phenoxy) is 2. The van der Waals surface area contributed by atoms with Crippen LogP contribution in [0.3, 0.4) is 0 Å². The fraction of sp³-hybridized carbons (Fsp3) is 0.333. The smallest absolute Gasteiger partial charge is 0.203 e.